The first-order valence-electron chi connectivity index (χ1n) is 4.20. The van der Waals surface area contributed by atoms with Crippen LogP contribution in [0, 0.1) is 11.8 Å². The maximum atomic E-state index is 10.9. The van der Waals surface area contributed by atoms with Gasteiger partial charge in [-0.3, -0.25) is 9.59 Å². The van der Waals surface area contributed by atoms with E-state index in [1.807, 2.05) is 0 Å². The van der Waals surface area contributed by atoms with Gasteiger partial charge in [-0.1, -0.05) is 0 Å². The summed E-state index contributed by atoms with van der Waals surface area (Å²) in [5.41, 5.74) is 0. The summed E-state index contributed by atoms with van der Waals surface area (Å²) in [6, 6.07) is 0.146. The first kappa shape index (κ1) is 7.58. The average molecular weight is 169 g/mol. The lowest BCUT2D eigenvalue weighted by Crippen LogP contribution is -2.57. The van der Waals surface area contributed by atoms with Gasteiger partial charge in [-0.15, -0.1) is 0 Å². The van der Waals surface area contributed by atoms with E-state index in [-0.39, 0.29) is 23.8 Å². The van der Waals surface area contributed by atoms with Crippen molar-refractivity contribution in [3.05, 3.63) is 0 Å². The largest absolute Gasteiger partial charge is 0.481 e. The van der Waals surface area contributed by atoms with Crippen LogP contribution < -0.4 is 5.32 Å². The van der Waals surface area contributed by atoms with Crippen molar-refractivity contribution in [2.75, 3.05) is 0 Å². The van der Waals surface area contributed by atoms with Crippen LogP contribution in [0.3, 0.4) is 0 Å². The zero-order chi connectivity index (χ0) is 8.72. The van der Waals surface area contributed by atoms with E-state index in [9.17, 15) is 9.59 Å². The molecule has 2 N–H and O–H groups in total. The molecule has 0 aromatic heterocycles. The van der Waals surface area contributed by atoms with Crippen molar-refractivity contribution in [2.45, 2.75) is 25.3 Å². The van der Waals surface area contributed by atoms with Gasteiger partial charge in [-0.2, -0.15) is 0 Å². The van der Waals surface area contributed by atoms with Crippen molar-refractivity contribution < 1.29 is 14.7 Å². The molecule has 2 aliphatic rings. The van der Waals surface area contributed by atoms with Gasteiger partial charge in [-0.05, 0) is 18.8 Å². The molecule has 3 atom stereocenters. The number of hydrogen-bond acceptors (Lipinski definition) is 2. The lowest BCUT2D eigenvalue weighted by molar-refractivity contribution is -0.153. The molecule has 4 heteroatoms. The number of carbonyl (C=O) groups excluding carboxylic acids is 1. The molecule has 2 rings (SSSR count). The zero-order valence-corrected chi connectivity index (χ0v) is 6.62. The summed E-state index contributed by atoms with van der Waals surface area (Å²) >= 11 is 0. The van der Waals surface area contributed by atoms with Gasteiger partial charge in [0.1, 0.15) is 0 Å². The molecule has 2 unspecified atom stereocenters. The molecule has 4 nitrogen and oxygen atoms in total. The van der Waals surface area contributed by atoms with Crippen LogP contribution in [-0.4, -0.2) is 23.0 Å². The smallest absolute Gasteiger partial charge is 0.306 e. The van der Waals surface area contributed by atoms with E-state index in [4.69, 9.17) is 5.11 Å². The second-order valence-corrected chi connectivity index (χ2v) is 3.56. The van der Waals surface area contributed by atoms with E-state index in [0.717, 1.165) is 6.42 Å². The van der Waals surface area contributed by atoms with Crippen LogP contribution in [0.15, 0.2) is 0 Å². The van der Waals surface area contributed by atoms with Gasteiger partial charge >= 0.3 is 5.97 Å². The molecule has 2 fully saturated rings. The average Bonchev–Trinajstić information content (AvgIpc) is 1.94. The molecule has 1 heterocycles. The van der Waals surface area contributed by atoms with Crippen LogP contribution in [-0.2, 0) is 9.59 Å². The second kappa shape index (κ2) is 2.47. The van der Waals surface area contributed by atoms with Gasteiger partial charge in [0.05, 0.1) is 5.92 Å². The van der Waals surface area contributed by atoms with Crippen molar-refractivity contribution in [1.29, 1.82) is 0 Å². The number of rotatable bonds is 1. The highest BCUT2D eigenvalue weighted by Crippen LogP contribution is 2.40. The molecule has 1 aliphatic carbocycles. The fourth-order valence-corrected chi connectivity index (χ4v) is 2.14. The van der Waals surface area contributed by atoms with Crippen LogP contribution in [0.25, 0.3) is 0 Å². The fraction of sp³-hybridized carbons (Fsp3) is 0.750. The summed E-state index contributed by atoms with van der Waals surface area (Å²) in [6.07, 6.45) is 1.85. The molecule has 1 saturated carbocycles. The molecule has 0 bridgehead atoms. The predicted octanol–water partition coefficient (Wildman–Crippen LogP) is -0.0143. The lowest BCUT2D eigenvalue weighted by Gasteiger charge is -2.45. The number of fused-ring (bicyclic) bond motifs is 1. The van der Waals surface area contributed by atoms with E-state index in [1.165, 1.54) is 0 Å². The Balaban J connectivity index is 1.98. The van der Waals surface area contributed by atoms with Crippen molar-refractivity contribution in [3.63, 3.8) is 0 Å². The molecular formula is C8H11NO3. The Bertz CT molecular complexity index is 238. The number of piperidine rings is 1. The highest BCUT2D eigenvalue weighted by molar-refractivity contribution is 5.79. The molecule has 0 aromatic carbocycles. The summed E-state index contributed by atoms with van der Waals surface area (Å²) in [5, 5.41) is 11.5. The summed E-state index contributed by atoms with van der Waals surface area (Å²) < 4.78 is 0. The zero-order valence-electron chi connectivity index (χ0n) is 6.62. The normalized spacial score (nSPS) is 39.3. The van der Waals surface area contributed by atoms with Gasteiger partial charge < -0.3 is 10.4 Å². The Morgan fingerprint density at radius 3 is 2.92 bits per heavy atom. The molecule has 0 aromatic rings. The molecule has 12 heavy (non-hydrogen) atoms. The number of nitrogens with one attached hydrogen (secondary N) is 1. The van der Waals surface area contributed by atoms with Gasteiger partial charge in [0.25, 0.3) is 0 Å². The highest BCUT2D eigenvalue weighted by Gasteiger charge is 2.47. The Hall–Kier alpha value is -1.06. The Morgan fingerprint density at radius 2 is 2.33 bits per heavy atom. The van der Waals surface area contributed by atoms with Crippen molar-refractivity contribution in [1.82, 2.24) is 5.32 Å². The predicted molar refractivity (Wildman–Crippen MR) is 40.4 cm³/mol. The molecular weight excluding hydrogens is 158 g/mol. The van der Waals surface area contributed by atoms with E-state index < -0.39 is 5.97 Å². The summed E-state index contributed by atoms with van der Waals surface area (Å²) in [6.45, 7) is 0. The van der Waals surface area contributed by atoms with Gasteiger partial charge in [0, 0.05) is 12.5 Å². The van der Waals surface area contributed by atoms with Crippen LogP contribution >= 0.6 is 0 Å². The number of carboxylic acid groups (broad SMARTS) is 1. The molecule has 1 amide bonds. The lowest BCUT2D eigenvalue weighted by atomic mass is 9.65. The van der Waals surface area contributed by atoms with Gasteiger partial charge in [-0.25, -0.2) is 0 Å². The molecule has 0 radical (unpaired) electrons. The van der Waals surface area contributed by atoms with Crippen molar-refractivity contribution >= 4 is 11.9 Å². The molecule has 1 saturated heterocycles. The number of aliphatic carboxylic acids is 1. The third-order valence-electron chi connectivity index (χ3n) is 2.91. The SMILES string of the molecule is O=C1CCC2C(C(=O)O)C[C@@H]2N1. The second-order valence-electron chi connectivity index (χ2n) is 3.56. The number of carbonyl (C=O) groups is 2. The third-order valence-corrected chi connectivity index (χ3v) is 2.91. The molecule has 0 spiro atoms. The van der Waals surface area contributed by atoms with Crippen molar-refractivity contribution in [3.8, 4) is 0 Å². The maximum absolute atomic E-state index is 10.9. The van der Waals surface area contributed by atoms with Gasteiger partial charge in [0.15, 0.2) is 0 Å². The summed E-state index contributed by atoms with van der Waals surface area (Å²) in [7, 11) is 0. The van der Waals surface area contributed by atoms with E-state index >= 15 is 0 Å². The summed E-state index contributed by atoms with van der Waals surface area (Å²) in [5.74, 6) is -0.664. The number of hydrogen-bond donors (Lipinski definition) is 2. The topological polar surface area (TPSA) is 66.4 Å². The van der Waals surface area contributed by atoms with Crippen molar-refractivity contribution in [2.24, 2.45) is 11.8 Å². The minimum Gasteiger partial charge on any atom is -0.481 e. The molecule has 66 valence electrons. The third kappa shape index (κ3) is 0.983. The monoisotopic (exact) mass is 169 g/mol. The first-order valence-corrected chi connectivity index (χ1v) is 4.20. The fourth-order valence-electron chi connectivity index (χ4n) is 2.14. The quantitative estimate of drug-likeness (QED) is 0.580. The van der Waals surface area contributed by atoms with E-state index in [1.54, 1.807) is 0 Å². The Morgan fingerprint density at radius 1 is 1.58 bits per heavy atom. The Kier molecular flexibility index (Phi) is 1.56. The van der Waals surface area contributed by atoms with E-state index in [2.05, 4.69) is 5.32 Å². The van der Waals surface area contributed by atoms with Gasteiger partial charge in [0.2, 0.25) is 5.91 Å². The van der Waals surface area contributed by atoms with Crippen LogP contribution in [0.4, 0.5) is 0 Å². The standard InChI is InChI=1S/C8H11NO3/c10-7-2-1-4-5(8(11)12)3-6(4)9-7/h4-6H,1-3H2,(H,9,10)(H,11,12)/t4?,5?,6-/m0/s1. The van der Waals surface area contributed by atoms with Crippen LogP contribution in [0.5, 0.6) is 0 Å². The van der Waals surface area contributed by atoms with Crippen LogP contribution in [0.2, 0.25) is 0 Å². The highest BCUT2D eigenvalue weighted by atomic mass is 16.4. The Labute approximate surface area is 69.9 Å². The first-order chi connectivity index (χ1) is 5.68. The minimum absolute atomic E-state index is 0.0695. The maximum Gasteiger partial charge on any atom is 0.306 e. The number of amides is 1. The molecule has 1 aliphatic heterocycles. The number of carboxylic acids is 1. The van der Waals surface area contributed by atoms with Crippen LogP contribution in [0.1, 0.15) is 19.3 Å². The van der Waals surface area contributed by atoms with E-state index in [0.29, 0.717) is 12.8 Å². The minimum atomic E-state index is -0.715. The summed E-state index contributed by atoms with van der Waals surface area (Å²) in [4.78, 5) is 21.5.